The van der Waals surface area contributed by atoms with Gasteiger partial charge < -0.3 is 15.7 Å². The zero-order valence-electron chi connectivity index (χ0n) is 11.3. The molecular weight excluding hydrogens is 256 g/mol. The summed E-state index contributed by atoms with van der Waals surface area (Å²) < 4.78 is 0. The molecule has 0 heterocycles. The molecule has 2 rings (SSSR count). The minimum atomic E-state index is -1.00. The summed E-state index contributed by atoms with van der Waals surface area (Å²) in [4.78, 5) is 22.2. The largest absolute Gasteiger partial charge is 0.478 e. The summed E-state index contributed by atoms with van der Waals surface area (Å²) >= 11 is 0. The van der Waals surface area contributed by atoms with Crippen LogP contribution in [-0.2, 0) is 4.79 Å². The number of amides is 2. The molecule has 0 bridgehead atoms. The third-order valence-corrected chi connectivity index (χ3v) is 3.34. The van der Waals surface area contributed by atoms with Crippen LogP contribution in [0.5, 0.6) is 0 Å². The smallest absolute Gasteiger partial charge is 0.328 e. The van der Waals surface area contributed by atoms with E-state index in [1.165, 1.54) is 6.08 Å². The highest BCUT2D eigenvalue weighted by Gasteiger charge is 2.37. The molecule has 20 heavy (non-hydrogen) atoms. The lowest BCUT2D eigenvalue weighted by atomic mass is 10.1. The third kappa shape index (κ3) is 4.42. The van der Waals surface area contributed by atoms with Gasteiger partial charge in [-0.25, -0.2) is 9.59 Å². The fraction of sp³-hybridized carbons (Fsp3) is 0.333. The third-order valence-electron chi connectivity index (χ3n) is 3.34. The van der Waals surface area contributed by atoms with Crippen LogP contribution < -0.4 is 10.6 Å². The summed E-state index contributed by atoms with van der Waals surface area (Å²) in [6.07, 6.45) is 4.86. The van der Waals surface area contributed by atoms with Crippen LogP contribution in [0.2, 0.25) is 0 Å². The Morgan fingerprint density at radius 1 is 1.40 bits per heavy atom. The summed E-state index contributed by atoms with van der Waals surface area (Å²) in [7, 11) is 0. The van der Waals surface area contributed by atoms with Crippen molar-refractivity contribution in [2.45, 2.75) is 19.8 Å². The first-order chi connectivity index (χ1) is 9.47. The van der Waals surface area contributed by atoms with Gasteiger partial charge in [-0.3, -0.25) is 0 Å². The standard InChI is InChI=1S/C15H18N2O3/c1-15(7-8-15)10-16-14(20)17-12-4-2-3-11(9-12)5-6-13(18)19/h2-6,9H,7-8,10H2,1H3,(H,18,19)(H2,16,17,20)/b6-5+. The number of carboxylic acids is 1. The van der Waals surface area contributed by atoms with Crippen LogP contribution >= 0.6 is 0 Å². The second-order valence-corrected chi connectivity index (χ2v) is 5.42. The molecule has 0 saturated heterocycles. The van der Waals surface area contributed by atoms with E-state index in [9.17, 15) is 9.59 Å². The van der Waals surface area contributed by atoms with Crippen LogP contribution in [0, 0.1) is 5.41 Å². The van der Waals surface area contributed by atoms with Crippen LogP contribution in [0.1, 0.15) is 25.3 Å². The monoisotopic (exact) mass is 274 g/mol. The number of carbonyl (C=O) groups excluding carboxylic acids is 1. The van der Waals surface area contributed by atoms with Crippen molar-refractivity contribution in [3.63, 3.8) is 0 Å². The minimum absolute atomic E-state index is 0.238. The quantitative estimate of drug-likeness (QED) is 0.722. The first-order valence-electron chi connectivity index (χ1n) is 6.53. The van der Waals surface area contributed by atoms with Crippen molar-refractivity contribution in [1.82, 2.24) is 5.32 Å². The van der Waals surface area contributed by atoms with E-state index in [0.717, 1.165) is 24.5 Å². The van der Waals surface area contributed by atoms with Crippen LogP contribution in [0.4, 0.5) is 10.5 Å². The molecule has 106 valence electrons. The van der Waals surface area contributed by atoms with Crippen molar-refractivity contribution in [3.8, 4) is 0 Å². The van der Waals surface area contributed by atoms with Gasteiger partial charge in [-0.1, -0.05) is 19.1 Å². The van der Waals surface area contributed by atoms with Gasteiger partial charge >= 0.3 is 12.0 Å². The van der Waals surface area contributed by atoms with Crippen molar-refractivity contribution >= 4 is 23.8 Å². The van der Waals surface area contributed by atoms with E-state index >= 15 is 0 Å². The normalized spacial score (nSPS) is 15.8. The molecule has 0 atom stereocenters. The summed E-state index contributed by atoms with van der Waals surface area (Å²) in [6.45, 7) is 2.82. The van der Waals surface area contributed by atoms with Gasteiger partial charge in [-0.05, 0) is 42.0 Å². The van der Waals surface area contributed by atoms with Crippen molar-refractivity contribution in [2.75, 3.05) is 11.9 Å². The Morgan fingerprint density at radius 3 is 2.80 bits per heavy atom. The summed E-state index contributed by atoms with van der Waals surface area (Å²) in [5, 5.41) is 14.2. The first kappa shape index (κ1) is 14.1. The van der Waals surface area contributed by atoms with Gasteiger partial charge in [0.15, 0.2) is 0 Å². The van der Waals surface area contributed by atoms with Crippen LogP contribution in [0.25, 0.3) is 6.08 Å². The number of rotatable bonds is 5. The van der Waals surface area contributed by atoms with Gasteiger partial charge in [0.05, 0.1) is 0 Å². The van der Waals surface area contributed by atoms with Crippen LogP contribution in [0.15, 0.2) is 30.3 Å². The number of aliphatic carboxylic acids is 1. The number of carboxylic acid groups (broad SMARTS) is 1. The van der Waals surface area contributed by atoms with Crippen molar-refractivity contribution in [3.05, 3.63) is 35.9 Å². The van der Waals surface area contributed by atoms with Gasteiger partial charge in [0.25, 0.3) is 0 Å². The minimum Gasteiger partial charge on any atom is -0.478 e. The molecule has 1 aromatic carbocycles. The first-order valence-corrected chi connectivity index (χ1v) is 6.53. The average Bonchev–Trinajstić information content (AvgIpc) is 3.13. The highest BCUT2D eigenvalue weighted by molar-refractivity contribution is 5.90. The lowest BCUT2D eigenvalue weighted by molar-refractivity contribution is -0.131. The average molecular weight is 274 g/mol. The SMILES string of the molecule is CC1(CNC(=O)Nc2cccc(/C=C/C(=O)O)c2)CC1. The Morgan fingerprint density at radius 2 is 2.15 bits per heavy atom. The molecule has 1 aromatic rings. The van der Waals surface area contributed by atoms with E-state index in [4.69, 9.17) is 5.11 Å². The maximum Gasteiger partial charge on any atom is 0.328 e. The molecule has 1 saturated carbocycles. The van der Waals surface area contributed by atoms with Crippen molar-refractivity contribution in [2.24, 2.45) is 5.41 Å². The van der Waals surface area contributed by atoms with Gasteiger partial charge in [-0.2, -0.15) is 0 Å². The summed E-state index contributed by atoms with van der Waals surface area (Å²) in [6, 6.07) is 6.78. The molecule has 1 aliphatic carbocycles. The number of anilines is 1. The number of hydrogen-bond donors (Lipinski definition) is 3. The molecule has 0 aliphatic heterocycles. The summed E-state index contributed by atoms with van der Waals surface area (Å²) in [5.74, 6) is -1.00. The maximum absolute atomic E-state index is 11.7. The molecule has 0 unspecified atom stereocenters. The molecule has 5 nitrogen and oxygen atoms in total. The zero-order chi connectivity index (χ0) is 14.6. The highest BCUT2D eigenvalue weighted by atomic mass is 16.4. The molecule has 1 fully saturated rings. The van der Waals surface area contributed by atoms with Gasteiger partial charge in [0, 0.05) is 18.3 Å². The topological polar surface area (TPSA) is 78.4 Å². The lowest BCUT2D eigenvalue weighted by Crippen LogP contribution is -2.32. The number of benzene rings is 1. The molecule has 0 radical (unpaired) electrons. The van der Waals surface area contributed by atoms with Crippen LogP contribution in [0.3, 0.4) is 0 Å². The molecule has 5 heteroatoms. The molecule has 1 aliphatic rings. The van der Waals surface area contributed by atoms with Crippen LogP contribution in [-0.4, -0.2) is 23.7 Å². The Kier molecular flexibility index (Phi) is 4.08. The van der Waals surface area contributed by atoms with E-state index < -0.39 is 5.97 Å². The highest BCUT2D eigenvalue weighted by Crippen LogP contribution is 2.43. The number of nitrogens with one attached hydrogen (secondary N) is 2. The van der Waals surface area contributed by atoms with Gasteiger partial charge in [-0.15, -0.1) is 0 Å². The number of hydrogen-bond acceptors (Lipinski definition) is 2. The van der Waals surface area contributed by atoms with E-state index in [2.05, 4.69) is 17.6 Å². The van der Waals surface area contributed by atoms with Gasteiger partial charge in [0.2, 0.25) is 0 Å². The predicted octanol–water partition coefficient (Wildman–Crippen LogP) is 2.71. The van der Waals surface area contributed by atoms with E-state index in [-0.39, 0.29) is 11.4 Å². The van der Waals surface area contributed by atoms with E-state index in [1.807, 2.05) is 0 Å². The fourth-order valence-corrected chi connectivity index (χ4v) is 1.75. The van der Waals surface area contributed by atoms with E-state index in [1.54, 1.807) is 24.3 Å². The number of urea groups is 1. The Bertz CT molecular complexity index is 548. The predicted molar refractivity (Wildman–Crippen MR) is 77.5 cm³/mol. The fourth-order valence-electron chi connectivity index (χ4n) is 1.75. The Labute approximate surface area is 117 Å². The van der Waals surface area contributed by atoms with Crippen molar-refractivity contribution < 1.29 is 14.7 Å². The number of carbonyl (C=O) groups is 2. The zero-order valence-corrected chi connectivity index (χ0v) is 11.3. The molecular formula is C15H18N2O3. The molecule has 2 amide bonds. The second-order valence-electron chi connectivity index (χ2n) is 5.42. The van der Waals surface area contributed by atoms with Crippen molar-refractivity contribution in [1.29, 1.82) is 0 Å². The Balaban J connectivity index is 1.90. The second kappa shape index (κ2) is 5.77. The lowest BCUT2D eigenvalue weighted by Gasteiger charge is -2.11. The molecule has 3 N–H and O–H groups in total. The summed E-state index contributed by atoms with van der Waals surface area (Å²) in [5.41, 5.74) is 1.62. The maximum atomic E-state index is 11.7. The Hall–Kier alpha value is -2.30. The molecule has 0 spiro atoms. The van der Waals surface area contributed by atoms with E-state index in [0.29, 0.717) is 12.2 Å². The van der Waals surface area contributed by atoms with Gasteiger partial charge in [0.1, 0.15) is 0 Å². The molecule has 0 aromatic heterocycles.